The third-order valence-corrected chi connectivity index (χ3v) is 3.75. The van der Waals surface area contributed by atoms with Gasteiger partial charge in [0, 0.05) is 25.7 Å². The molecule has 0 radical (unpaired) electrons. The van der Waals surface area contributed by atoms with Gasteiger partial charge in [-0.3, -0.25) is 0 Å². The van der Waals surface area contributed by atoms with Crippen molar-refractivity contribution in [3.63, 3.8) is 0 Å². The van der Waals surface area contributed by atoms with E-state index in [4.69, 9.17) is 0 Å². The highest BCUT2D eigenvalue weighted by Crippen LogP contribution is 2.24. The van der Waals surface area contributed by atoms with E-state index in [-0.39, 0.29) is 5.82 Å². The number of benzene rings is 1. The second-order valence-corrected chi connectivity index (χ2v) is 5.47. The Morgan fingerprint density at radius 3 is 2.84 bits per heavy atom. The summed E-state index contributed by atoms with van der Waals surface area (Å²) >= 11 is 0. The minimum absolute atomic E-state index is 0.107. The van der Waals surface area contributed by atoms with Crippen molar-refractivity contribution in [2.24, 2.45) is 0 Å². The molecule has 0 bridgehead atoms. The zero-order chi connectivity index (χ0) is 13.8. The first-order chi connectivity index (χ1) is 9.11. The maximum Gasteiger partial charge on any atom is 0.146 e. The van der Waals surface area contributed by atoms with Gasteiger partial charge in [0.05, 0.1) is 5.69 Å². The Bertz CT molecular complexity index is 422. The van der Waals surface area contributed by atoms with Crippen molar-refractivity contribution >= 4 is 5.69 Å². The van der Waals surface area contributed by atoms with Gasteiger partial charge in [0.2, 0.25) is 0 Å². The smallest absolute Gasteiger partial charge is 0.146 e. The molecule has 0 saturated carbocycles. The first-order valence-corrected chi connectivity index (χ1v) is 7.00. The van der Waals surface area contributed by atoms with Gasteiger partial charge in [-0.1, -0.05) is 6.07 Å². The van der Waals surface area contributed by atoms with Crippen LogP contribution in [0.1, 0.15) is 18.9 Å². The van der Waals surface area contributed by atoms with Crippen molar-refractivity contribution in [3.05, 3.63) is 29.6 Å². The number of halogens is 1. The summed E-state index contributed by atoms with van der Waals surface area (Å²) in [5, 5.41) is 3.05. The average molecular weight is 265 g/mol. The molecule has 1 aliphatic rings. The molecule has 1 N–H and O–H groups in total. The number of likely N-dealkylation sites (N-methyl/N-ethyl adjacent to an activating group) is 1. The van der Waals surface area contributed by atoms with Gasteiger partial charge >= 0.3 is 0 Å². The van der Waals surface area contributed by atoms with E-state index in [2.05, 4.69) is 29.1 Å². The zero-order valence-corrected chi connectivity index (χ0v) is 12.1. The fourth-order valence-electron chi connectivity index (χ4n) is 2.83. The highest BCUT2D eigenvalue weighted by atomic mass is 19.1. The highest BCUT2D eigenvalue weighted by Gasteiger charge is 2.22. The quantitative estimate of drug-likeness (QED) is 0.902. The van der Waals surface area contributed by atoms with Crippen LogP contribution in [0.3, 0.4) is 0 Å². The predicted octanol–water partition coefficient (Wildman–Crippen LogP) is 2.08. The molecule has 1 aromatic carbocycles. The molecule has 4 heteroatoms. The second-order valence-electron chi connectivity index (χ2n) is 5.47. The van der Waals surface area contributed by atoms with Crippen molar-refractivity contribution in [3.8, 4) is 0 Å². The molecule has 3 nitrogen and oxygen atoms in total. The summed E-state index contributed by atoms with van der Waals surface area (Å²) in [4.78, 5) is 4.51. The molecule has 106 valence electrons. The largest absolute Gasteiger partial charge is 0.365 e. The molecule has 0 aromatic heterocycles. The van der Waals surface area contributed by atoms with Gasteiger partial charge in [0.15, 0.2) is 0 Å². The number of anilines is 1. The number of nitrogens with zero attached hydrogens (tertiary/aromatic N) is 2. The lowest BCUT2D eigenvalue weighted by Crippen LogP contribution is -2.38. The summed E-state index contributed by atoms with van der Waals surface area (Å²) < 4.78 is 14.3. The van der Waals surface area contributed by atoms with Crippen molar-refractivity contribution in [1.82, 2.24) is 10.2 Å². The Morgan fingerprint density at radius 2 is 2.16 bits per heavy atom. The normalized spacial score (nSPS) is 21.5. The van der Waals surface area contributed by atoms with Gasteiger partial charge in [-0.2, -0.15) is 0 Å². The van der Waals surface area contributed by atoms with Gasteiger partial charge in [-0.25, -0.2) is 4.39 Å². The minimum Gasteiger partial charge on any atom is -0.365 e. The van der Waals surface area contributed by atoms with Gasteiger partial charge in [-0.15, -0.1) is 0 Å². The van der Waals surface area contributed by atoms with Crippen molar-refractivity contribution in [2.75, 3.05) is 38.6 Å². The fraction of sp³-hybridized carbons (Fsp3) is 0.600. The first kappa shape index (κ1) is 14.3. The number of nitrogens with one attached hydrogen (secondary N) is 1. The molecular weight excluding hydrogens is 241 g/mol. The first-order valence-electron chi connectivity index (χ1n) is 7.00. The Morgan fingerprint density at radius 1 is 1.37 bits per heavy atom. The molecule has 1 fully saturated rings. The topological polar surface area (TPSA) is 18.5 Å². The van der Waals surface area contributed by atoms with Crippen LogP contribution in [0.2, 0.25) is 0 Å². The van der Waals surface area contributed by atoms with E-state index in [0.29, 0.717) is 12.6 Å². The van der Waals surface area contributed by atoms with Gasteiger partial charge in [0.1, 0.15) is 5.82 Å². The number of rotatable bonds is 3. The Hall–Kier alpha value is -1.13. The Labute approximate surface area is 115 Å². The molecule has 1 saturated heterocycles. The minimum atomic E-state index is -0.107. The molecule has 1 heterocycles. The molecule has 2 rings (SSSR count). The predicted molar refractivity (Wildman–Crippen MR) is 78.1 cm³/mol. The number of hydrogen-bond donors (Lipinski definition) is 1. The van der Waals surface area contributed by atoms with Crippen LogP contribution < -0.4 is 10.2 Å². The molecule has 0 amide bonds. The average Bonchev–Trinajstić information content (AvgIpc) is 2.51. The van der Waals surface area contributed by atoms with Crippen LogP contribution in [0.25, 0.3) is 0 Å². The van der Waals surface area contributed by atoms with Crippen molar-refractivity contribution in [2.45, 2.75) is 25.9 Å². The summed E-state index contributed by atoms with van der Waals surface area (Å²) in [6.07, 6.45) is 1.08. The standard InChI is InChI=1S/C15H24FN3/c1-12-11-18(3)7-4-8-19(12)15-6-5-13(10-17-2)9-14(15)16/h5-6,9,12,17H,4,7-8,10-11H2,1-3H3. The summed E-state index contributed by atoms with van der Waals surface area (Å²) in [5.74, 6) is -0.107. The SMILES string of the molecule is CNCc1ccc(N2CCCN(C)CC2C)c(F)c1. The highest BCUT2D eigenvalue weighted by molar-refractivity contribution is 5.50. The summed E-state index contributed by atoms with van der Waals surface area (Å²) in [5.41, 5.74) is 1.73. The van der Waals surface area contributed by atoms with E-state index in [1.807, 2.05) is 19.2 Å². The Kier molecular flexibility index (Phi) is 4.77. The number of hydrogen-bond acceptors (Lipinski definition) is 3. The van der Waals surface area contributed by atoms with Crippen LogP contribution in [-0.2, 0) is 6.54 Å². The van der Waals surface area contributed by atoms with Crippen molar-refractivity contribution < 1.29 is 4.39 Å². The third-order valence-electron chi connectivity index (χ3n) is 3.75. The molecule has 1 unspecified atom stereocenters. The van der Waals surface area contributed by atoms with Gasteiger partial charge in [0.25, 0.3) is 0 Å². The fourth-order valence-corrected chi connectivity index (χ4v) is 2.83. The van der Waals surface area contributed by atoms with E-state index < -0.39 is 0 Å². The molecule has 19 heavy (non-hydrogen) atoms. The molecule has 1 aromatic rings. The van der Waals surface area contributed by atoms with Crippen LogP contribution in [0.15, 0.2) is 18.2 Å². The van der Waals surface area contributed by atoms with Crippen LogP contribution in [0.4, 0.5) is 10.1 Å². The van der Waals surface area contributed by atoms with E-state index in [1.54, 1.807) is 6.07 Å². The maximum atomic E-state index is 14.3. The Balaban J connectivity index is 2.20. The molecule has 1 atom stereocenters. The van der Waals surface area contributed by atoms with Crippen LogP contribution in [0.5, 0.6) is 0 Å². The molecule has 1 aliphatic heterocycles. The summed E-state index contributed by atoms with van der Waals surface area (Å²) in [7, 11) is 4.00. The second kappa shape index (κ2) is 6.35. The lowest BCUT2D eigenvalue weighted by atomic mass is 10.1. The molecule has 0 aliphatic carbocycles. The lowest BCUT2D eigenvalue weighted by molar-refractivity contribution is 0.337. The van der Waals surface area contributed by atoms with Crippen molar-refractivity contribution in [1.29, 1.82) is 0 Å². The van der Waals surface area contributed by atoms with E-state index in [9.17, 15) is 4.39 Å². The molecule has 0 spiro atoms. The van der Waals surface area contributed by atoms with E-state index in [0.717, 1.165) is 37.3 Å². The van der Waals surface area contributed by atoms with Crippen LogP contribution >= 0.6 is 0 Å². The van der Waals surface area contributed by atoms with Gasteiger partial charge in [-0.05, 0) is 51.7 Å². The van der Waals surface area contributed by atoms with E-state index >= 15 is 0 Å². The monoisotopic (exact) mass is 265 g/mol. The van der Waals surface area contributed by atoms with E-state index in [1.165, 1.54) is 0 Å². The summed E-state index contributed by atoms with van der Waals surface area (Å²) in [6.45, 7) is 5.87. The molecular formula is C15H24FN3. The summed E-state index contributed by atoms with van der Waals surface area (Å²) in [6, 6.07) is 5.92. The zero-order valence-electron chi connectivity index (χ0n) is 12.1. The van der Waals surface area contributed by atoms with Gasteiger partial charge < -0.3 is 15.1 Å². The third kappa shape index (κ3) is 3.45. The van der Waals surface area contributed by atoms with Crippen LogP contribution in [0, 0.1) is 5.82 Å². The maximum absolute atomic E-state index is 14.3. The lowest BCUT2D eigenvalue weighted by Gasteiger charge is -2.30. The van der Waals surface area contributed by atoms with Crippen LogP contribution in [-0.4, -0.2) is 44.7 Å².